The standard InChI is InChI=1S/C23H27ClN2O.C23H27ClN2.2C20H22FN3/c1-15-12-21-22(13-16(15)2)26(14-18-5-7-19(24)8-6-18)23(25-21)11-10-20-9-4-17(3)27-20;1-16-13-21-22(14-17(16)2)26(15-19-7-10-20(24)11-8-19)23(25-21)12-9-18-5-3-4-6-18;2*1-15-6-8-16(9-7-15)12-24-19-5-3-2-4-18(19)22-20(24)14-23-11-10-17(21)13-23/h5-8,12-13,17,20H,4,9-11,14H2,1-3H3;7-8,10-11,13-14,18H,3-6,9,12,15H2,1-2H3;2*2-9,17H,10-14H2,1H3/t;;2*17-/m..10/s1. The van der Waals surface area contributed by atoms with E-state index in [0.717, 1.165) is 131 Å². The first kappa shape index (κ1) is 71.4. The third kappa shape index (κ3) is 18.2. The van der Waals surface area contributed by atoms with Gasteiger partial charge in [0, 0.05) is 75.2 Å². The highest BCUT2D eigenvalue weighted by Gasteiger charge is 2.27. The second kappa shape index (κ2) is 32.9. The highest BCUT2D eigenvalue weighted by Crippen LogP contribution is 2.32. The van der Waals surface area contributed by atoms with Crippen LogP contribution < -0.4 is 0 Å². The van der Waals surface area contributed by atoms with Gasteiger partial charge in [-0.1, -0.05) is 157 Å². The summed E-state index contributed by atoms with van der Waals surface area (Å²) in [7, 11) is 0. The van der Waals surface area contributed by atoms with Crippen molar-refractivity contribution in [3.63, 3.8) is 0 Å². The number of para-hydroxylation sites is 4. The predicted octanol–water partition coefficient (Wildman–Crippen LogP) is 20.2. The van der Waals surface area contributed by atoms with E-state index in [-0.39, 0.29) is 0 Å². The van der Waals surface area contributed by atoms with Gasteiger partial charge in [-0.3, -0.25) is 9.80 Å². The van der Waals surface area contributed by atoms with Crippen LogP contribution in [-0.2, 0) is 56.8 Å². The number of hydrogen-bond acceptors (Lipinski definition) is 7. The number of benzene rings is 8. The third-order valence-corrected chi connectivity index (χ3v) is 21.7. The van der Waals surface area contributed by atoms with Gasteiger partial charge in [0.1, 0.15) is 35.6 Å². The molecule has 0 bridgehead atoms. The van der Waals surface area contributed by atoms with Crippen LogP contribution in [-0.4, -0.2) is 98.7 Å². The number of fused-ring (bicyclic) bond motifs is 4. The number of aryl methyl sites for hydroxylation is 8. The van der Waals surface area contributed by atoms with E-state index in [9.17, 15) is 8.78 Å². The molecule has 0 N–H and O–H groups in total. The van der Waals surface area contributed by atoms with Crippen LogP contribution in [0.4, 0.5) is 8.78 Å². The van der Waals surface area contributed by atoms with Gasteiger partial charge in [-0.05, 0) is 210 Å². The van der Waals surface area contributed by atoms with Crippen LogP contribution in [0.2, 0.25) is 10.0 Å². The lowest BCUT2D eigenvalue weighted by Gasteiger charge is -2.16. The molecule has 4 aliphatic rings. The molecule has 11 nitrogen and oxygen atoms in total. The third-order valence-electron chi connectivity index (χ3n) is 21.2. The molecule has 4 fully saturated rings. The Kier molecular flexibility index (Phi) is 23.3. The monoisotopic (exact) mass is 1390 g/mol. The summed E-state index contributed by atoms with van der Waals surface area (Å²) in [6.45, 7) is 22.4. The SMILES string of the molecule is Cc1cc2nc(CCC3CCC(C)O3)n(Cc3ccc(Cl)cc3)c2cc1C.Cc1cc2nc(CCC3CCCC3)n(Cc3ccc(Cl)cc3)c2cc1C.Cc1ccc(Cn2c(CN3CC[C@@H](F)C3)nc3ccccc32)cc1.Cc1ccc(Cn2c(CN3CC[C@H](F)C3)nc3ccccc32)cc1. The molecule has 101 heavy (non-hydrogen) atoms. The molecule has 2 unspecified atom stereocenters. The molecule has 7 heterocycles. The zero-order chi connectivity index (χ0) is 70.1. The second-order valence-electron chi connectivity index (χ2n) is 29.1. The van der Waals surface area contributed by atoms with Gasteiger partial charge in [0.2, 0.25) is 0 Å². The number of alkyl halides is 2. The normalized spacial score (nSPS) is 18.0. The Hall–Kier alpha value is -8.04. The molecule has 0 spiro atoms. The van der Waals surface area contributed by atoms with Crippen molar-refractivity contribution in [1.82, 2.24) is 48.0 Å². The van der Waals surface area contributed by atoms with Crippen molar-refractivity contribution in [3.8, 4) is 0 Å². The molecule has 12 aromatic rings. The van der Waals surface area contributed by atoms with Gasteiger partial charge in [0.05, 0.1) is 69.4 Å². The van der Waals surface area contributed by atoms with E-state index < -0.39 is 12.3 Å². The predicted molar refractivity (Wildman–Crippen MR) is 411 cm³/mol. The summed E-state index contributed by atoms with van der Waals surface area (Å²) in [5.74, 6) is 5.30. The van der Waals surface area contributed by atoms with Crippen LogP contribution in [0.3, 0.4) is 0 Å². The van der Waals surface area contributed by atoms with Gasteiger partial charge < -0.3 is 23.0 Å². The largest absolute Gasteiger partial charge is 0.375 e. The maximum atomic E-state index is 13.5. The van der Waals surface area contributed by atoms with Crippen molar-refractivity contribution in [2.75, 3.05) is 26.2 Å². The zero-order valence-corrected chi connectivity index (χ0v) is 61.5. The summed E-state index contributed by atoms with van der Waals surface area (Å²) in [4.78, 5) is 24.0. The van der Waals surface area contributed by atoms with Gasteiger partial charge in [-0.15, -0.1) is 0 Å². The summed E-state index contributed by atoms with van der Waals surface area (Å²) in [6, 6.07) is 59.0. The summed E-state index contributed by atoms with van der Waals surface area (Å²) < 4.78 is 42.3. The van der Waals surface area contributed by atoms with Crippen LogP contribution in [0.15, 0.2) is 170 Å². The van der Waals surface area contributed by atoms with E-state index in [1.165, 1.54) is 111 Å². The van der Waals surface area contributed by atoms with E-state index in [2.05, 4.69) is 186 Å². The highest BCUT2D eigenvalue weighted by atomic mass is 35.5. The minimum atomic E-state index is -0.695. The number of ether oxygens (including phenoxy) is 1. The lowest BCUT2D eigenvalue weighted by atomic mass is 10.0. The molecular formula is C86H98Cl2F2N10O. The minimum absolute atomic E-state index is 0.368. The maximum Gasteiger partial charge on any atom is 0.124 e. The van der Waals surface area contributed by atoms with Gasteiger partial charge in [-0.2, -0.15) is 0 Å². The molecule has 1 aliphatic carbocycles. The van der Waals surface area contributed by atoms with E-state index in [1.54, 1.807) is 0 Å². The van der Waals surface area contributed by atoms with Gasteiger partial charge in [0.25, 0.3) is 0 Å². The molecule has 0 radical (unpaired) electrons. The van der Waals surface area contributed by atoms with Crippen LogP contribution in [0, 0.1) is 47.5 Å². The van der Waals surface area contributed by atoms with Crippen molar-refractivity contribution in [2.45, 2.75) is 189 Å². The number of nitrogens with zero attached hydrogens (tertiary/aromatic N) is 10. The molecule has 3 aliphatic heterocycles. The first-order valence-electron chi connectivity index (χ1n) is 36.8. The van der Waals surface area contributed by atoms with Crippen molar-refractivity contribution in [3.05, 3.63) is 259 Å². The highest BCUT2D eigenvalue weighted by molar-refractivity contribution is 6.30. The lowest BCUT2D eigenvalue weighted by molar-refractivity contribution is 0.0508. The Morgan fingerprint density at radius 1 is 0.396 bits per heavy atom. The summed E-state index contributed by atoms with van der Waals surface area (Å²) in [5, 5.41) is 1.56. The molecule has 8 aromatic carbocycles. The summed E-state index contributed by atoms with van der Waals surface area (Å²) in [6.07, 6.45) is 12.9. The smallest absolute Gasteiger partial charge is 0.124 e. The first-order valence-corrected chi connectivity index (χ1v) is 37.5. The van der Waals surface area contributed by atoms with Crippen LogP contribution >= 0.6 is 23.2 Å². The number of likely N-dealkylation sites (tertiary alicyclic amines) is 2. The van der Waals surface area contributed by atoms with Crippen LogP contribution in [0.1, 0.15) is 150 Å². The average Bonchev–Trinajstić information content (AvgIpc) is 1.67. The molecule has 4 aromatic heterocycles. The first-order chi connectivity index (χ1) is 49.0. The summed E-state index contributed by atoms with van der Waals surface area (Å²) >= 11 is 12.1. The maximum absolute atomic E-state index is 13.5. The Balaban J connectivity index is 0.000000121. The number of hydrogen-bond donors (Lipinski definition) is 0. The fourth-order valence-corrected chi connectivity index (χ4v) is 15.3. The van der Waals surface area contributed by atoms with Crippen molar-refractivity contribution in [2.24, 2.45) is 5.92 Å². The zero-order valence-electron chi connectivity index (χ0n) is 60.0. The second-order valence-corrected chi connectivity index (χ2v) is 30.0. The Bertz CT molecular complexity index is 4580. The molecule has 0 amide bonds. The van der Waals surface area contributed by atoms with E-state index in [1.807, 2.05) is 60.7 Å². The van der Waals surface area contributed by atoms with Crippen molar-refractivity contribution >= 4 is 67.3 Å². The quantitative estimate of drug-likeness (QED) is 0.0846. The molecule has 3 saturated heterocycles. The number of halogens is 4. The molecule has 4 atom stereocenters. The van der Waals surface area contributed by atoms with Crippen molar-refractivity contribution < 1.29 is 13.5 Å². The Morgan fingerprint density at radius 2 is 0.772 bits per heavy atom. The molecular weight excluding hydrogens is 1300 g/mol. The van der Waals surface area contributed by atoms with Gasteiger partial charge in [0.15, 0.2) is 0 Å². The molecule has 16 rings (SSSR count). The van der Waals surface area contributed by atoms with Gasteiger partial charge >= 0.3 is 0 Å². The number of aromatic nitrogens is 8. The van der Waals surface area contributed by atoms with E-state index >= 15 is 0 Å². The number of rotatable bonds is 18. The van der Waals surface area contributed by atoms with E-state index in [0.29, 0.717) is 51.2 Å². The van der Waals surface area contributed by atoms with Crippen molar-refractivity contribution in [1.29, 1.82) is 0 Å². The average molecular weight is 1400 g/mol. The molecule has 1 saturated carbocycles. The fraction of sp³-hybridized carbons (Fsp3) is 0.395. The molecule has 526 valence electrons. The minimum Gasteiger partial charge on any atom is -0.375 e. The fourth-order valence-electron chi connectivity index (χ4n) is 15.0. The van der Waals surface area contributed by atoms with Crippen LogP contribution in [0.5, 0.6) is 0 Å². The summed E-state index contributed by atoms with van der Waals surface area (Å²) in [5.41, 5.74) is 21.8. The van der Waals surface area contributed by atoms with Gasteiger partial charge in [-0.25, -0.2) is 28.7 Å². The Labute approximate surface area is 605 Å². The Morgan fingerprint density at radius 3 is 1.17 bits per heavy atom. The lowest BCUT2D eigenvalue weighted by Crippen LogP contribution is -2.23. The van der Waals surface area contributed by atoms with Crippen LogP contribution in [0.25, 0.3) is 44.1 Å². The van der Waals surface area contributed by atoms with E-state index in [4.69, 9.17) is 47.9 Å². The topological polar surface area (TPSA) is 87.0 Å². The molecule has 15 heteroatoms. The number of imidazole rings is 4.